The quantitative estimate of drug-likeness (QED) is 0.690. The lowest BCUT2D eigenvalue weighted by Crippen LogP contribution is -2.30. The fourth-order valence-corrected chi connectivity index (χ4v) is 4.27. The zero-order valence-electron chi connectivity index (χ0n) is 16.2. The Morgan fingerprint density at radius 3 is 2.43 bits per heavy atom. The summed E-state index contributed by atoms with van der Waals surface area (Å²) in [6, 6.07) is 10.1. The van der Waals surface area contributed by atoms with Gasteiger partial charge in [-0.05, 0) is 42.8 Å². The number of carbonyl (C=O) groups is 1. The van der Waals surface area contributed by atoms with E-state index in [1.54, 1.807) is 26.8 Å². The third-order valence-electron chi connectivity index (χ3n) is 4.12. The Balaban J connectivity index is 2.31. The van der Waals surface area contributed by atoms with E-state index in [0.717, 1.165) is 0 Å². The van der Waals surface area contributed by atoms with Gasteiger partial charge in [0, 0.05) is 13.1 Å². The molecule has 2 aromatic rings. The maximum atomic E-state index is 13.3. The van der Waals surface area contributed by atoms with Crippen molar-refractivity contribution < 1.29 is 22.3 Å². The molecule has 0 heterocycles. The molecular weight excluding hydrogens is 383 g/mol. The second kappa shape index (κ2) is 9.66. The molecule has 2 aromatic carbocycles. The van der Waals surface area contributed by atoms with E-state index in [1.165, 1.54) is 40.7 Å². The first-order valence-electron chi connectivity index (χ1n) is 9.13. The Hall–Kier alpha value is -2.45. The van der Waals surface area contributed by atoms with E-state index in [1.807, 2.05) is 0 Å². The molecule has 0 aliphatic heterocycles. The van der Waals surface area contributed by atoms with Crippen LogP contribution in [0.25, 0.3) is 0 Å². The molecule has 0 radical (unpaired) electrons. The standard InChI is InChI=1S/C20H25FN2O4S/c1-4-23(5-2)28(25,26)17-10-11-19(27-6-3)18(14-17)22-20(24)13-15-8-7-9-16(21)12-15/h7-12,14H,4-6,13H2,1-3H3,(H,22,24). The highest BCUT2D eigenvalue weighted by Gasteiger charge is 2.23. The predicted molar refractivity (Wildman–Crippen MR) is 106 cm³/mol. The maximum Gasteiger partial charge on any atom is 0.243 e. The molecule has 0 aliphatic rings. The lowest BCUT2D eigenvalue weighted by Gasteiger charge is -2.20. The lowest BCUT2D eigenvalue weighted by molar-refractivity contribution is -0.115. The van der Waals surface area contributed by atoms with Crippen molar-refractivity contribution >= 4 is 21.6 Å². The summed E-state index contributed by atoms with van der Waals surface area (Å²) >= 11 is 0. The molecule has 0 aliphatic carbocycles. The van der Waals surface area contributed by atoms with Gasteiger partial charge in [0.1, 0.15) is 11.6 Å². The minimum absolute atomic E-state index is 0.0453. The zero-order chi connectivity index (χ0) is 20.7. The summed E-state index contributed by atoms with van der Waals surface area (Å²) in [4.78, 5) is 12.5. The van der Waals surface area contributed by atoms with Gasteiger partial charge in [0.05, 0.1) is 23.6 Å². The van der Waals surface area contributed by atoms with Gasteiger partial charge < -0.3 is 10.1 Å². The van der Waals surface area contributed by atoms with E-state index in [4.69, 9.17) is 4.74 Å². The summed E-state index contributed by atoms with van der Waals surface area (Å²) in [5.74, 6) is -0.454. The number of carbonyl (C=O) groups excluding carboxylic acids is 1. The number of anilines is 1. The minimum atomic E-state index is -3.68. The Labute approximate surface area is 165 Å². The summed E-state index contributed by atoms with van der Waals surface area (Å²) in [6.45, 7) is 6.35. The average Bonchev–Trinajstić information content (AvgIpc) is 2.64. The van der Waals surface area contributed by atoms with Gasteiger partial charge in [0.2, 0.25) is 15.9 Å². The fraction of sp³-hybridized carbons (Fsp3) is 0.350. The van der Waals surface area contributed by atoms with E-state index >= 15 is 0 Å². The third-order valence-corrected chi connectivity index (χ3v) is 6.17. The SMILES string of the molecule is CCOc1ccc(S(=O)(=O)N(CC)CC)cc1NC(=O)Cc1cccc(F)c1. The van der Waals surface area contributed by atoms with Crippen molar-refractivity contribution in [2.75, 3.05) is 25.0 Å². The van der Waals surface area contributed by atoms with Crippen LogP contribution in [-0.2, 0) is 21.2 Å². The topological polar surface area (TPSA) is 75.7 Å². The second-order valence-corrected chi connectivity index (χ2v) is 7.97. The molecule has 2 rings (SSSR count). The van der Waals surface area contributed by atoms with Gasteiger partial charge in [-0.25, -0.2) is 12.8 Å². The molecule has 0 atom stereocenters. The van der Waals surface area contributed by atoms with Crippen molar-refractivity contribution in [3.63, 3.8) is 0 Å². The summed E-state index contributed by atoms with van der Waals surface area (Å²) in [5.41, 5.74) is 0.777. The Morgan fingerprint density at radius 2 is 1.82 bits per heavy atom. The van der Waals surface area contributed by atoms with E-state index in [0.29, 0.717) is 31.0 Å². The fourth-order valence-electron chi connectivity index (χ4n) is 2.79. The van der Waals surface area contributed by atoms with Crippen LogP contribution < -0.4 is 10.1 Å². The second-order valence-electron chi connectivity index (χ2n) is 6.04. The smallest absolute Gasteiger partial charge is 0.243 e. The van der Waals surface area contributed by atoms with Gasteiger partial charge in [0.15, 0.2) is 0 Å². The van der Waals surface area contributed by atoms with Gasteiger partial charge in [-0.15, -0.1) is 0 Å². The molecule has 8 heteroatoms. The number of benzene rings is 2. The number of amides is 1. The number of ether oxygens (including phenoxy) is 1. The van der Waals surface area contributed by atoms with E-state index in [9.17, 15) is 17.6 Å². The molecule has 152 valence electrons. The Bertz CT molecular complexity index is 928. The van der Waals surface area contributed by atoms with Crippen molar-refractivity contribution in [3.05, 3.63) is 53.8 Å². The molecule has 0 saturated carbocycles. The van der Waals surface area contributed by atoms with Crippen LogP contribution in [-0.4, -0.2) is 38.3 Å². The largest absolute Gasteiger partial charge is 0.492 e. The van der Waals surface area contributed by atoms with Crippen LogP contribution in [0.3, 0.4) is 0 Å². The number of nitrogens with one attached hydrogen (secondary N) is 1. The van der Waals surface area contributed by atoms with Crippen molar-refractivity contribution in [2.45, 2.75) is 32.1 Å². The highest BCUT2D eigenvalue weighted by atomic mass is 32.2. The summed E-state index contributed by atoms with van der Waals surface area (Å²) < 4.78 is 45.7. The summed E-state index contributed by atoms with van der Waals surface area (Å²) in [7, 11) is -3.68. The van der Waals surface area contributed by atoms with Gasteiger partial charge in [-0.2, -0.15) is 4.31 Å². The Kier molecular flexibility index (Phi) is 7.53. The van der Waals surface area contributed by atoms with Crippen molar-refractivity contribution in [2.24, 2.45) is 0 Å². The molecule has 6 nitrogen and oxygen atoms in total. The number of nitrogens with zero attached hydrogens (tertiary/aromatic N) is 1. The lowest BCUT2D eigenvalue weighted by atomic mass is 10.1. The molecule has 0 bridgehead atoms. The van der Waals surface area contributed by atoms with Gasteiger partial charge in [0.25, 0.3) is 0 Å². The molecule has 0 aromatic heterocycles. The molecule has 0 saturated heterocycles. The number of sulfonamides is 1. The van der Waals surface area contributed by atoms with Crippen LogP contribution in [0.1, 0.15) is 26.3 Å². The molecule has 0 unspecified atom stereocenters. The molecular formula is C20H25FN2O4S. The van der Waals surface area contributed by atoms with E-state index in [2.05, 4.69) is 5.32 Å². The predicted octanol–water partition coefficient (Wildman–Crippen LogP) is 3.44. The molecule has 1 amide bonds. The number of halogens is 1. The van der Waals surface area contributed by atoms with Crippen molar-refractivity contribution in [1.29, 1.82) is 0 Å². The van der Waals surface area contributed by atoms with Crippen molar-refractivity contribution in [3.8, 4) is 5.75 Å². The summed E-state index contributed by atoms with van der Waals surface area (Å²) in [5, 5.41) is 2.68. The van der Waals surface area contributed by atoms with E-state index in [-0.39, 0.29) is 17.0 Å². The van der Waals surface area contributed by atoms with E-state index < -0.39 is 21.7 Å². The van der Waals surface area contributed by atoms with Crippen LogP contribution in [0.5, 0.6) is 5.75 Å². The minimum Gasteiger partial charge on any atom is -0.492 e. The number of hydrogen-bond donors (Lipinski definition) is 1. The summed E-state index contributed by atoms with van der Waals surface area (Å²) in [6.07, 6.45) is -0.0453. The zero-order valence-corrected chi connectivity index (χ0v) is 17.1. The maximum absolute atomic E-state index is 13.3. The number of hydrogen-bond acceptors (Lipinski definition) is 4. The van der Waals surface area contributed by atoms with Crippen LogP contribution >= 0.6 is 0 Å². The van der Waals surface area contributed by atoms with Gasteiger partial charge in [-0.1, -0.05) is 26.0 Å². The first-order valence-corrected chi connectivity index (χ1v) is 10.6. The van der Waals surface area contributed by atoms with Gasteiger partial charge in [-0.3, -0.25) is 4.79 Å². The first-order chi connectivity index (χ1) is 13.3. The van der Waals surface area contributed by atoms with Crippen LogP contribution in [0, 0.1) is 5.82 Å². The van der Waals surface area contributed by atoms with Crippen LogP contribution in [0.4, 0.5) is 10.1 Å². The molecule has 1 N–H and O–H groups in total. The first kappa shape index (κ1) is 21.8. The van der Waals surface area contributed by atoms with Gasteiger partial charge >= 0.3 is 0 Å². The third kappa shape index (κ3) is 5.30. The van der Waals surface area contributed by atoms with Crippen LogP contribution in [0.2, 0.25) is 0 Å². The number of rotatable bonds is 9. The monoisotopic (exact) mass is 408 g/mol. The highest BCUT2D eigenvalue weighted by Crippen LogP contribution is 2.29. The van der Waals surface area contributed by atoms with Crippen LogP contribution in [0.15, 0.2) is 47.4 Å². The molecule has 28 heavy (non-hydrogen) atoms. The highest BCUT2D eigenvalue weighted by molar-refractivity contribution is 7.89. The Morgan fingerprint density at radius 1 is 1.11 bits per heavy atom. The molecule has 0 fully saturated rings. The normalized spacial score (nSPS) is 11.5. The van der Waals surface area contributed by atoms with Crippen molar-refractivity contribution in [1.82, 2.24) is 4.31 Å². The molecule has 0 spiro atoms. The average molecular weight is 408 g/mol.